The summed E-state index contributed by atoms with van der Waals surface area (Å²) in [6.45, 7) is 4.18. The lowest BCUT2D eigenvalue weighted by Crippen LogP contribution is -2.49. The van der Waals surface area contributed by atoms with Crippen LogP contribution in [-0.4, -0.2) is 11.9 Å². The van der Waals surface area contributed by atoms with Crippen LogP contribution in [0.3, 0.4) is 0 Å². The fourth-order valence-electron chi connectivity index (χ4n) is 3.37. The molecule has 4 nitrogen and oxygen atoms in total. The van der Waals surface area contributed by atoms with E-state index in [1.807, 2.05) is 18.2 Å². The summed E-state index contributed by atoms with van der Waals surface area (Å²) in [4.78, 5) is 13.2. The van der Waals surface area contributed by atoms with Gasteiger partial charge in [0.15, 0.2) is 5.78 Å². The molecule has 0 bridgehead atoms. The molecule has 0 aliphatic carbocycles. The first-order valence-electron chi connectivity index (χ1n) is 8.09. The molecule has 0 saturated heterocycles. The molecule has 0 aromatic heterocycles. The molecule has 0 spiro atoms. The van der Waals surface area contributed by atoms with Crippen LogP contribution in [0.25, 0.3) is 0 Å². The predicted octanol–water partition coefficient (Wildman–Crippen LogP) is 4.27. The van der Waals surface area contributed by atoms with E-state index in [9.17, 15) is 4.79 Å². The number of nitriles is 2. The zero-order chi connectivity index (χ0) is 16.9. The normalized spacial score (nSPS) is 18.7. The Hall–Kier alpha value is -2.33. The molecule has 0 saturated carbocycles. The number of hydrogen-bond donors (Lipinski definition) is 0. The van der Waals surface area contributed by atoms with E-state index >= 15 is 0 Å². The second-order valence-corrected chi connectivity index (χ2v) is 6.53. The third kappa shape index (κ3) is 3.37. The molecule has 4 heteroatoms. The van der Waals surface area contributed by atoms with Crippen molar-refractivity contribution in [3.05, 3.63) is 29.8 Å². The van der Waals surface area contributed by atoms with Crippen molar-refractivity contribution in [1.82, 2.24) is 0 Å². The number of rotatable bonds is 6. The summed E-state index contributed by atoms with van der Waals surface area (Å²) in [5, 5.41) is 18.0. The van der Waals surface area contributed by atoms with Gasteiger partial charge < -0.3 is 4.74 Å². The van der Waals surface area contributed by atoms with E-state index in [0.717, 1.165) is 6.42 Å². The van der Waals surface area contributed by atoms with Gasteiger partial charge in [-0.1, -0.05) is 26.0 Å². The number of benzene rings is 1. The van der Waals surface area contributed by atoms with Gasteiger partial charge in [0.1, 0.15) is 11.9 Å². The first-order valence-corrected chi connectivity index (χ1v) is 8.09. The number of ether oxygens (including phenoxy) is 1. The third-order valence-electron chi connectivity index (χ3n) is 4.52. The molecule has 1 aromatic carbocycles. The molecule has 1 heterocycles. The Morgan fingerprint density at radius 3 is 2.35 bits per heavy atom. The second-order valence-electron chi connectivity index (χ2n) is 6.53. The summed E-state index contributed by atoms with van der Waals surface area (Å²) in [6.07, 6.45) is 1.91. The molecule has 0 amide bonds. The molecule has 1 aliphatic rings. The molecule has 23 heavy (non-hydrogen) atoms. The largest absolute Gasteiger partial charge is 0.489 e. The molecule has 0 radical (unpaired) electrons. The highest BCUT2D eigenvalue weighted by Gasteiger charge is 2.50. The van der Waals surface area contributed by atoms with Crippen LogP contribution in [0, 0.1) is 34.0 Å². The van der Waals surface area contributed by atoms with Gasteiger partial charge >= 0.3 is 0 Å². The summed E-state index contributed by atoms with van der Waals surface area (Å²) in [5.74, 6) is 1.00. The van der Waals surface area contributed by atoms with Gasteiger partial charge in [0.2, 0.25) is 0 Å². The molecular weight excluding hydrogens is 288 g/mol. The summed E-state index contributed by atoms with van der Waals surface area (Å²) in [7, 11) is 0. The number of Topliss-reactive ketones (excluding diaryl/α,β-unsaturated/α-hetero) is 1. The van der Waals surface area contributed by atoms with Gasteiger partial charge in [-0.3, -0.25) is 4.79 Å². The number of fused-ring (bicyclic) bond motifs is 1. The minimum absolute atomic E-state index is 0.0236. The average molecular weight is 310 g/mol. The molecule has 2 rings (SSSR count). The summed E-state index contributed by atoms with van der Waals surface area (Å²) < 4.78 is 6.18. The number of hydrogen-bond acceptors (Lipinski definition) is 4. The van der Waals surface area contributed by atoms with Crippen molar-refractivity contribution in [2.24, 2.45) is 11.3 Å². The van der Waals surface area contributed by atoms with Crippen LogP contribution in [0.1, 0.15) is 56.3 Å². The van der Waals surface area contributed by atoms with Gasteiger partial charge in [0.05, 0.1) is 23.1 Å². The van der Waals surface area contributed by atoms with Gasteiger partial charge in [-0.2, -0.15) is 10.5 Å². The maximum absolute atomic E-state index is 13.2. The quantitative estimate of drug-likeness (QED) is 0.786. The third-order valence-corrected chi connectivity index (χ3v) is 4.52. The number of nitrogens with zero attached hydrogens (tertiary/aromatic N) is 2. The van der Waals surface area contributed by atoms with Crippen molar-refractivity contribution in [2.45, 2.75) is 52.1 Å². The van der Waals surface area contributed by atoms with Gasteiger partial charge in [-0.15, -0.1) is 0 Å². The summed E-state index contributed by atoms with van der Waals surface area (Å²) in [6, 6.07) is 11.6. The topological polar surface area (TPSA) is 73.9 Å². The van der Waals surface area contributed by atoms with E-state index in [2.05, 4.69) is 26.0 Å². The highest BCUT2D eigenvalue weighted by atomic mass is 16.5. The number of carbonyl (C=O) groups excluding carboxylic acids is 1. The van der Waals surface area contributed by atoms with Crippen molar-refractivity contribution in [3.63, 3.8) is 0 Å². The Bertz CT molecular complexity index is 634. The zero-order valence-electron chi connectivity index (χ0n) is 13.7. The van der Waals surface area contributed by atoms with Crippen LogP contribution in [0.2, 0.25) is 0 Å². The standard InChI is InChI=1S/C19H22N2O2/c1-14(2)13-17-19(9-5-11-20,10-6-12-21)18(22)15-7-3-4-8-16(15)23-17/h3-4,7-8,14,17H,5-6,9-10,13H2,1-2H3. The van der Waals surface area contributed by atoms with Gasteiger partial charge in [-0.25, -0.2) is 0 Å². The molecule has 1 aliphatic heterocycles. The summed E-state index contributed by atoms with van der Waals surface area (Å²) in [5.41, 5.74) is -0.201. The molecule has 1 aromatic rings. The van der Waals surface area contributed by atoms with E-state index < -0.39 is 5.41 Å². The minimum Gasteiger partial charge on any atom is -0.489 e. The Balaban J connectivity index is 2.49. The number of para-hydroxylation sites is 1. The van der Waals surface area contributed by atoms with E-state index in [0.29, 0.717) is 30.1 Å². The fraction of sp³-hybridized carbons (Fsp3) is 0.526. The highest BCUT2D eigenvalue weighted by molar-refractivity contribution is 6.04. The lowest BCUT2D eigenvalue weighted by atomic mass is 9.66. The van der Waals surface area contributed by atoms with Gasteiger partial charge in [0.25, 0.3) is 0 Å². The van der Waals surface area contributed by atoms with E-state index in [4.69, 9.17) is 15.3 Å². The summed E-state index contributed by atoms with van der Waals surface area (Å²) >= 11 is 0. The SMILES string of the molecule is CC(C)CC1Oc2ccccc2C(=O)C1(CCC#N)CCC#N. The lowest BCUT2D eigenvalue weighted by Gasteiger charge is -2.43. The van der Waals surface area contributed by atoms with Crippen molar-refractivity contribution >= 4 is 5.78 Å². The highest BCUT2D eigenvalue weighted by Crippen LogP contribution is 2.46. The molecule has 0 N–H and O–H groups in total. The molecule has 0 fully saturated rings. The van der Waals surface area contributed by atoms with Crippen molar-refractivity contribution in [2.75, 3.05) is 0 Å². The van der Waals surface area contributed by atoms with E-state index in [1.54, 1.807) is 6.07 Å². The van der Waals surface area contributed by atoms with Crippen molar-refractivity contribution in [1.29, 1.82) is 10.5 Å². The first kappa shape index (κ1) is 17.0. The molecule has 120 valence electrons. The van der Waals surface area contributed by atoms with Crippen molar-refractivity contribution in [3.8, 4) is 17.9 Å². The van der Waals surface area contributed by atoms with E-state index in [1.165, 1.54) is 0 Å². The Morgan fingerprint density at radius 2 is 1.78 bits per heavy atom. The van der Waals surface area contributed by atoms with Crippen LogP contribution in [0.4, 0.5) is 0 Å². The second kappa shape index (κ2) is 7.29. The lowest BCUT2D eigenvalue weighted by molar-refractivity contribution is 0.00937. The molecule has 1 unspecified atom stereocenters. The number of carbonyl (C=O) groups is 1. The zero-order valence-corrected chi connectivity index (χ0v) is 13.7. The van der Waals surface area contributed by atoms with Gasteiger partial charge in [-0.05, 0) is 37.3 Å². The Kier molecular flexibility index (Phi) is 5.40. The number of ketones is 1. The maximum atomic E-state index is 13.2. The maximum Gasteiger partial charge on any atom is 0.176 e. The van der Waals surface area contributed by atoms with Crippen LogP contribution in [0.5, 0.6) is 5.75 Å². The van der Waals surface area contributed by atoms with Gasteiger partial charge in [0, 0.05) is 12.8 Å². The van der Waals surface area contributed by atoms with Crippen LogP contribution >= 0.6 is 0 Å². The average Bonchev–Trinajstić information content (AvgIpc) is 2.54. The van der Waals surface area contributed by atoms with Crippen LogP contribution in [-0.2, 0) is 0 Å². The van der Waals surface area contributed by atoms with E-state index in [-0.39, 0.29) is 24.7 Å². The first-order chi connectivity index (χ1) is 11.0. The predicted molar refractivity (Wildman–Crippen MR) is 86.8 cm³/mol. The Labute approximate surface area is 137 Å². The monoisotopic (exact) mass is 310 g/mol. The minimum atomic E-state index is -0.774. The Morgan fingerprint density at radius 1 is 1.17 bits per heavy atom. The molecule has 1 atom stereocenters. The van der Waals surface area contributed by atoms with Crippen molar-refractivity contribution < 1.29 is 9.53 Å². The molecular formula is C19H22N2O2. The van der Waals surface area contributed by atoms with Crippen LogP contribution in [0.15, 0.2) is 24.3 Å². The fourth-order valence-corrected chi connectivity index (χ4v) is 3.37. The smallest absolute Gasteiger partial charge is 0.176 e. The van der Waals surface area contributed by atoms with Crippen LogP contribution < -0.4 is 4.74 Å².